The van der Waals surface area contributed by atoms with Crippen LogP contribution in [0.2, 0.25) is 0 Å². The number of amides is 2. The minimum Gasteiger partial charge on any atom is -0.493 e. The molecular weight excluding hydrogens is 327 g/mol. The van der Waals surface area contributed by atoms with Gasteiger partial charge in [0.2, 0.25) is 5.75 Å². The van der Waals surface area contributed by atoms with E-state index < -0.39 is 11.9 Å². The number of anilines is 1. The maximum absolute atomic E-state index is 14.5. The van der Waals surface area contributed by atoms with Crippen LogP contribution in [-0.4, -0.2) is 39.3 Å². The van der Waals surface area contributed by atoms with Crippen molar-refractivity contribution in [2.75, 3.05) is 33.7 Å². The van der Waals surface area contributed by atoms with Crippen molar-refractivity contribution in [3.8, 4) is 17.2 Å². The van der Waals surface area contributed by atoms with E-state index in [4.69, 9.17) is 14.2 Å². The molecule has 2 aromatic rings. The first-order valence-electron chi connectivity index (χ1n) is 7.64. The maximum Gasteiger partial charge on any atom is 0.322 e. The van der Waals surface area contributed by atoms with E-state index in [2.05, 4.69) is 5.32 Å². The molecule has 25 heavy (non-hydrogen) atoms. The van der Waals surface area contributed by atoms with Crippen molar-refractivity contribution in [2.45, 2.75) is 6.04 Å². The van der Waals surface area contributed by atoms with Crippen LogP contribution in [0.3, 0.4) is 0 Å². The van der Waals surface area contributed by atoms with E-state index >= 15 is 0 Å². The highest BCUT2D eigenvalue weighted by Crippen LogP contribution is 2.51. The van der Waals surface area contributed by atoms with Crippen LogP contribution < -0.4 is 19.5 Å². The normalized spacial score (nSPS) is 16.1. The van der Waals surface area contributed by atoms with Gasteiger partial charge in [0.15, 0.2) is 11.5 Å². The average Bonchev–Trinajstić information content (AvgIpc) is 2.62. The highest BCUT2D eigenvalue weighted by atomic mass is 19.1. The molecule has 1 aliphatic rings. The molecule has 0 aliphatic carbocycles. The van der Waals surface area contributed by atoms with E-state index in [9.17, 15) is 9.18 Å². The van der Waals surface area contributed by atoms with Crippen LogP contribution in [0.15, 0.2) is 30.3 Å². The van der Waals surface area contributed by atoms with E-state index in [0.29, 0.717) is 34.1 Å². The first-order valence-corrected chi connectivity index (χ1v) is 7.64. The fourth-order valence-electron chi connectivity index (χ4n) is 3.13. The van der Waals surface area contributed by atoms with Gasteiger partial charge in [-0.25, -0.2) is 9.18 Å². The second kappa shape index (κ2) is 6.51. The fraction of sp³-hybridized carbons (Fsp3) is 0.278. The third-order valence-corrected chi connectivity index (χ3v) is 4.29. The van der Waals surface area contributed by atoms with E-state index in [1.165, 1.54) is 32.3 Å². The van der Waals surface area contributed by atoms with E-state index in [-0.39, 0.29) is 6.03 Å². The quantitative estimate of drug-likeness (QED) is 0.922. The summed E-state index contributed by atoms with van der Waals surface area (Å²) < 4.78 is 30.8. The number of nitrogens with zero attached hydrogens (tertiary/aromatic N) is 1. The molecule has 3 rings (SSSR count). The van der Waals surface area contributed by atoms with Crippen LogP contribution in [0.5, 0.6) is 17.2 Å². The number of benzene rings is 2. The molecular formula is C18H19FN2O4. The zero-order valence-electron chi connectivity index (χ0n) is 14.4. The Kier molecular flexibility index (Phi) is 4.39. The van der Waals surface area contributed by atoms with Crippen molar-refractivity contribution >= 4 is 11.7 Å². The van der Waals surface area contributed by atoms with Crippen molar-refractivity contribution < 1.29 is 23.4 Å². The lowest BCUT2D eigenvalue weighted by Crippen LogP contribution is -2.40. The molecule has 132 valence electrons. The molecule has 1 aliphatic heterocycles. The molecule has 2 aromatic carbocycles. The summed E-state index contributed by atoms with van der Waals surface area (Å²) >= 11 is 0. The molecule has 1 atom stereocenters. The second-order valence-electron chi connectivity index (χ2n) is 5.57. The summed E-state index contributed by atoms with van der Waals surface area (Å²) in [6.07, 6.45) is 0. The van der Waals surface area contributed by atoms with Crippen LogP contribution in [0.4, 0.5) is 14.9 Å². The second-order valence-corrected chi connectivity index (χ2v) is 5.57. The van der Waals surface area contributed by atoms with Crippen molar-refractivity contribution in [1.82, 2.24) is 4.90 Å². The fourth-order valence-corrected chi connectivity index (χ4v) is 3.13. The number of ether oxygens (including phenoxy) is 3. The molecule has 6 nitrogen and oxygen atoms in total. The summed E-state index contributed by atoms with van der Waals surface area (Å²) in [6, 6.07) is 6.97. The maximum atomic E-state index is 14.5. The zero-order chi connectivity index (χ0) is 18.1. The molecule has 2 amide bonds. The van der Waals surface area contributed by atoms with Gasteiger partial charge in [0.1, 0.15) is 5.82 Å². The van der Waals surface area contributed by atoms with Gasteiger partial charge in [0.25, 0.3) is 0 Å². The number of nitrogens with one attached hydrogen (secondary N) is 1. The Bertz CT molecular complexity index is 825. The zero-order valence-corrected chi connectivity index (χ0v) is 14.4. The van der Waals surface area contributed by atoms with Gasteiger partial charge in [0.05, 0.1) is 33.1 Å². The largest absolute Gasteiger partial charge is 0.493 e. The summed E-state index contributed by atoms with van der Waals surface area (Å²) in [7, 11) is 6.09. The van der Waals surface area contributed by atoms with Crippen LogP contribution >= 0.6 is 0 Å². The lowest BCUT2D eigenvalue weighted by atomic mass is 9.92. The standard InChI is InChI=1S/C18H19FN2O4/c1-21-15(10-7-5-6-8-11(10)19)14-12(20-18(21)22)9-13(23-2)16(24-3)17(14)25-4/h5-9,15H,1-4H3,(H,20,22). The van der Waals surface area contributed by atoms with Gasteiger partial charge in [0, 0.05) is 24.2 Å². The van der Waals surface area contributed by atoms with Crippen molar-refractivity contribution in [1.29, 1.82) is 0 Å². The predicted molar refractivity (Wildman–Crippen MR) is 91.1 cm³/mol. The van der Waals surface area contributed by atoms with E-state index in [0.717, 1.165) is 0 Å². The molecule has 1 heterocycles. The number of rotatable bonds is 4. The molecule has 0 aromatic heterocycles. The van der Waals surface area contributed by atoms with E-state index in [1.807, 2.05) is 0 Å². The summed E-state index contributed by atoms with van der Waals surface area (Å²) in [5, 5.41) is 2.78. The number of urea groups is 1. The Hall–Kier alpha value is -2.96. The lowest BCUT2D eigenvalue weighted by molar-refractivity contribution is 0.207. The third kappa shape index (κ3) is 2.61. The SMILES string of the molecule is COc1cc2c(c(OC)c1OC)C(c1ccccc1F)N(C)C(=O)N2. The molecule has 0 spiro atoms. The molecule has 0 fully saturated rings. The minimum atomic E-state index is -0.667. The average molecular weight is 346 g/mol. The summed E-state index contributed by atoms with van der Waals surface area (Å²) in [4.78, 5) is 13.8. The Balaban J connectivity index is 2.33. The molecule has 1 unspecified atom stereocenters. The minimum absolute atomic E-state index is 0.352. The predicted octanol–water partition coefficient (Wildman–Crippen LogP) is 3.42. The Labute approximate surface area is 145 Å². The van der Waals surface area contributed by atoms with Gasteiger partial charge in [-0.05, 0) is 6.07 Å². The number of hydrogen-bond donors (Lipinski definition) is 1. The van der Waals surface area contributed by atoms with Crippen LogP contribution in [0, 0.1) is 5.82 Å². The Morgan fingerprint density at radius 1 is 1.08 bits per heavy atom. The smallest absolute Gasteiger partial charge is 0.322 e. The van der Waals surface area contributed by atoms with Gasteiger partial charge in [-0.3, -0.25) is 0 Å². The van der Waals surface area contributed by atoms with Crippen LogP contribution in [-0.2, 0) is 0 Å². The lowest BCUT2D eigenvalue weighted by Gasteiger charge is -2.36. The first-order chi connectivity index (χ1) is 12.0. The molecule has 7 heteroatoms. The van der Waals surface area contributed by atoms with Crippen LogP contribution in [0.25, 0.3) is 0 Å². The van der Waals surface area contributed by atoms with Crippen molar-refractivity contribution in [2.24, 2.45) is 0 Å². The highest BCUT2D eigenvalue weighted by molar-refractivity contribution is 5.95. The number of methoxy groups -OCH3 is 3. The summed E-state index contributed by atoms with van der Waals surface area (Å²) in [6.45, 7) is 0. The summed E-state index contributed by atoms with van der Waals surface area (Å²) in [5.41, 5.74) is 1.46. The van der Waals surface area contributed by atoms with Gasteiger partial charge in [-0.1, -0.05) is 18.2 Å². The van der Waals surface area contributed by atoms with E-state index in [1.54, 1.807) is 31.3 Å². The number of fused-ring (bicyclic) bond motifs is 1. The molecule has 0 bridgehead atoms. The molecule has 0 saturated heterocycles. The van der Waals surface area contributed by atoms with Crippen molar-refractivity contribution in [3.05, 3.63) is 47.3 Å². The van der Waals surface area contributed by atoms with Gasteiger partial charge in [-0.2, -0.15) is 0 Å². The number of halogens is 1. The highest BCUT2D eigenvalue weighted by Gasteiger charge is 2.37. The third-order valence-electron chi connectivity index (χ3n) is 4.29. The number of carbonyl (C=O) groups excluding carboxylic acids is 1. The van der Waals surface area contributed by atoms with Crippen molar-refractivity contribution in [3.63, 3.8) is 0 Å². The van der Waals surface area contributed by atoms with Gasteiger partial charge < -0.3 is 24.4 Å². The first kappa shape index (κ1) is 16.9. The molecule has 0 radical (unpaired) electrons. The Morgan fingerprint density at radius 3 is 2.36 bits per heavy atom. The topological polar surface area (TPSA) is 60.0 Å². The number of carbonyl (C=O) groups is 1. The van der Waals surface area contributed by atoms with Crippen LogP contribution in [0.1, 0.15) is 17.2 Å². The Morgan fingerprint density at radius 2 is 1.76 bits per heavy atom. The molecule has 1 N–H and O–H groups in total. The molecule has 0 saturated carbocycles. The summed E-state index contributed by atoms with van der Waals surface area (Å²) in [5.74, 6) is 0.777. The number of hydrogen-bond acceptors (Lipinski definition) is 4. The van der Waals surface area contributed by atoms with Gasteiger partial charge >= 0.3 is 6.03 Å². The monoisotopic (exact) mass is 346 g/mol. The van der Waals surface area contributed by atoms with Gasteiger partial charge in [-0.15, -0.1) is 0 Å².